The predicted octanol–water partition coefficient (Wildman–Crippen LogP) is 4.86. The summed E-state index contributed by atoms with van der Waals surface area (Å²) in [5.41, 5.74) is 3.96. The molecule has 0 amide bonds. The molecule has 7 heteroatoms. The van der Waals surface area contributed by atoms with Gasteiger partial charge < -0.3 is 9.47 Å². The molecule has 3 heterocycles. The Balaban J connectivity index is 1.59. The van der Waals surface area contributed by atoms with Crippen LogP contribution in [0.1, 0.15) is 31.9 Å². The third-order valence-electron chi connectivity index (χ3n) is 5.43. The summed E-state index contributed by atoms with van der Waals surface area (Å²) in [6.07, 6.45) is 11.5. The van der Waals surface area contributed by atoms with Gasteiger partial charge in [-0.15, -0.1) is 0 Å². The molecule has 0 saturated heterocycles. The van der Waals surface area contributed by atoms with Gasteiger partial charge in [-0.05, 0) is 58.5 Å². The zero-order valence-electron chi connectivity index (χ0n) is 18.1. The number of hydrogen-bond donors (Lipinski definition) is 1. The molecule has 0 spiro atoms. The second kappa shape index (κ2) is 7.77. The molecule has 0 atom stereocenters. The normalized spacial score (nSPS) is 16.7. The Morgan fingerprint density at radius 2 is 1.77 bits per heavy atom. The van der Waals surface area contributed by atoms with E-state index in [9.17, 15) is 8.42 Å². The highest BCUT2D eigenvalue weighted by Crippen LogP contribution is 2.34. The number of nitrogens with zero attached hydrogens (tertiary/aromatic N) is 2. The van der Waals surface area contributed by atoms with Crippen LogP contribution in [0.15, 0.2) is 88.5 Å². The van der Waals surface area contributed by atoms with E-state index in [0.717, 1.165) is 22.4 Å². The predicted molar refractivity (Wildman–Crippen MR) is 126 cm³/mol. The van der Waals surface area contributed by atoms with Crippen molar-refractivity contribution in [2.45, 2.75) is 31.1 Å². The lowest BCUT2D eigenvalue weighted by Crippen LogP contribution is -2.37. The fourth-order valence-corrected chi connectivity index (χ4v) is 4.91. The van der Waals surface area contributed by atoms with E-state index in [-0.39, 0.29) is 10.3 Å². The molecule has 0 fully saturated rings. The van der Waals surface area contributed by atoms with Crippen LogP contribution in [0.25, 0.3) is 5.57 Å². The summed E-state index contributed by atoms with van der Waals surface area (Å²) in [6.45, 7) is 6.80. The van der Waals surface area contributed by atoms with Gasteiger partial charge in [-0.3, -0.25) is 4.72 Å². The first kappa shape index (κ1) is 21.5. The summed E-state index contributed by atoms with van der Waals surface area (Å²) in [4.78, 5) is 2.10. The Morgan fingerprint density at radius 3 is 2.39 bits per heavy atom. The second-order valence-electron chi connectivity index (χ2n) is 8.81. The Bertz CT molecular complexity index is 1240. The van der Waals surface area contributed by atoms with E-state index in [1.54, 1.807) is 24.3 Å². The maximum atomic E-state index is 13.0. The largest absolute Gasteiger partial charge is 0.357 e. The fourth-order valence-electron chi connectivity index (χ4n) is 3.62. The molecule has 0 aliphatic carbocycles. The number of halogens is 1. The number of sulfonamides is 1. The smallest absolute Gasteiger partial charge is 0.262 e. The fraction of sp³-hybridized carbons (Fsp3) is 0.250. The average molecular weight is 456 g/mol. The van der Waals surface area contributed by atoms with Gasteiger partial charge >= 0.3 is 0 Å². The number of allylic oxidation sites excluding steroid dienone is 5. The molecule has 31 heavy (non-hydrogen) atoms. The van der Waals surface area contributed by atoms with Crippen molar-refractivity contribution >= 4 is 27.2 Å². The lowest BCUT2D eigenvalue weighted by atomic mass is 9.87. The number of hydrogen-bond acceptors (Lipinski definition) is 3. The van der Waals surface area contributed by atoms with E-state index in [1.807, 2.05) is 53.2 Å². The highest BCUT2D eigenvalue weighted by molar-refractivity contribution is 7.89. The van der Waals surface area contributed by atoms with E-state index in [0.29, 0.717) is 17.4 Å². The minimum atomic E-state index is -3.74. The average Bonchev–Trinajstić information content (AvgIpc) is 3.16. The molecular formula is C24H26ClN3O2S. The molecule has 2 aliphatic heterocycles. The minimum Gasteiger partial charge on any atom is -0.357 e. The summed E-state index contributed by atoms with van der Waals surface area (Å²) < 4.78 is 30.8. The van der Waals surface area contributed by atoms with E-state index in [4.69, 9.17) is 11.6 Å². The van der Waals surface area contributed by atoms with E-state index in [2.05, 4.69) is 31.6 Å². The monoisotopic (exact) mass is 455 g/mol. The van der Waals surface area contributed by atoms with Crippen LogP contribution in [0, 0.1) is 0 Å². The summed E-state index contributed by atoms with van der Waals surface area (Å²) in [5.74, 6) is 0.471. The first-order chi connectivity index (χ1) is 14.5. The lowest BCUT2D eigenvalue weighted by Gasteiger charge is -2.34. The van der Waals surface area contributed by atoms with Crippen molar-refractivity contribution in [2.24, 2.45) is 7.05 Å². The molecule has 162 valence electrons. The molecule has 1 aromatic carbocycles. The van der Waals surface area contributed by atoms with Crippen LogP contribution < -0.4 is 4.72 Å². The number of benzene rings is 1. The summed E-state index contributed by atoms with van der Waals surface area (Å²) in [6, 6.07) is 9.06. The molecule has 5 nitrogen and oxygen atoms in total. The Hall–Kier alpha value is -2.70. The Morgan fingerprint density at radius 1 is 1.06 bits per heavy atom. The van der Waals surface area contributed by atoms with E-state index >= 15 is 0 Å². The number of nitrogens with one attached hydrogen (secondary N) is 1. The van der Waals surface area contributed by atoms with Gasteiger partial charge in [-0.1, -0.05) is 50.6 Å². The summed E-state index contributed by atoms with van der Waals surface area (Å²) in [5, 5.41) is 0.569. The van der Waals surface area contributed by atoms with Crippen molar-refractivity contribution in [2.75, 3.05) is 6.54 Å². The van der Waals surface area contributed by atoms with Gasteiger partial charge in [0.25, 0.3) is 10.0 Å². The van der Waals surface area contributed by atoms with Crippen LogP contribution in [0.5, 0.6) is 0 Å². The van der Waals surface area contributed by atoms with Crippen LogP contribution in [0.2, 0.25) is 0 Å². The highest BCUT2D eigenvalue weighted by atomic mass is 35.5. The number of aromatic nitrogens is 1. The number of rotatable bonds is 4. The molecule has 1 aromatic heterocycles. The topological polar surface area (TPSA) is 54.3 Å². The Labute approximate surface area is 189 Å². The first-order valence-electron chi connectivity index (χ1n) is 10.1. The van der Waals surface area contributed by atoms with Crippen LogP contribution in [0.3, 0.4) is 0 Å². The highest BCUT2D eigenvalue weighted by Gasteiger charge is 2.27. The summed E-state index contributed by atoms with van der Waals surface area (Å²) >= 11 is 6.46. The van der Waals surface area contributed by atoms with Crippen LogP contribution in [-0.2, 0) is 22.5 Å². The molecule has 0 unspecified atom stereocenters. The van der Waals surface area contributed by atoms with Gasteiger partial charge in [0.05, 0.1) is 15.6 Å². The summed E-state index contributed by atoms with van der Waals surface area (Å²) in [7, 11) is -1.76. The molecular weight excluding hydrogens is 430 g/mol. The van der Waals surface area contributed by atoms with Crippen molar-refractivity contribution < 1.29 is 8.42 Å². The maximum Gasteiger partial charge on any atom is 0.262 e. The van der Waals surface area contributed by atoms with Crippen LogP contribution in [-0.4, -0.2) is 24.4 Å². The third-order valence-corrected chi connectivity index (χ3v) is 7.12. The zero-order valence-corrected chi connectivity index (χ0v) is 19.6. The molecule has 4 rings (SSSR count). The third kappa shape index (κ3) is 4.36. The van der Waals surface area contributed by atoms with Gasteiger partial charge in [-0.25, -0.2) is 8.42 Å². The zero-order chi connectivity index (χ0) is 22.4. The number of aryl methyl sites for hydroxylation is 1. The van der Waals surface area contributed by atoms with Crippen LogP contribution >= 0.6 is 11.6 Å². The molecule has 0 radical (unpaired) electrons. The SMILES string of the molecule is Cn1ccc(C2=CCN3C(NS(=O)(=O)c4ccc(C(C)(C)C)cc4)=CC=C(Cl)C3=C2)c1. The molecule has 2 aromatic rings. The van der Waals surface area contributed by atoms with Gasteiger partial charge in [0.1, 0.15) is 5.82 Å². The first-order valence-corrected chi connectivity index (χ1v) is 11.9. The van der Waals surface area contributed by atoms with Gasteiger partial charge in [0.15, 0.2) is 0 Å². The van der Waals surface area contributed by atoms with Gasteiger partial charge in [0.2, 0.25) is 0 Å². The second-order valence-corrected chi connectivity index (χ2v) is 10.9. The molecule has 2 aliphatic rings. The van der Waals surface area contributed by atoms with Crippen molar-refractivity contribution in [3.63, 3.8) is 0 Å². The molecule has 0 bridgehead atoms. The van der Waals surface area contributed by atoms with Crippen molar-refractivity contribution in [1.82, 2.24) is 14.2 Å². The molecule has 1 N–H and O–H groups in total. The van der Waals surface area contributed by atoms with Gasteiger partial charge in [0, 0.05) is 26.0 Å². The number of fused-ring (bicyclic) bond motifs is 1. The minimum absolute atomic E-state index is 0.0422. The standard InChI is InChI=1S/C24H26ClN3O2S/c1-24(2,3)19-5-7-20(8-6-19)31(29,30)26-23-10-9-21(25)22-15-17(12-14-28(22)23)18-11-13-27(4)16-18/h5-13,15-16,26H,14H2,1-4H3. The van der Waals surface area contributed by atoms with Crippen molar-refractivity contribution in [1.29, 1.82) is 0 Å². The van der Waals surface area contributed by atoms with E-state index < -0.39 is 10.0 Å². The van der Waals surface area contributed by atoms with Crippen LogP contribution in [0.4, 0.5) is 0 Å². The molecule has 0 saturated carbocycles. The maximum absolute atomic E-state index is 13.0. The Kier molecular flexibility index (Phi) is 5.40. The van der Waals surface area contributed by atoms with Crippen molar-refractivity contribution in [3.8, 4) is 0 Å². The van der Waals surface area contributed by atoms with E-state index in [1.165, 1.54) is 0 Å². The van der Waals surface area contributed by atoms with Crippen molar-refractivity contribution in [3.05, 3.63) is 94.7 Å². The lowest BCUT2D eigenvalue weighted by molar-refractivity contribution is 0.454. The van der Waals surface area contributed by atoms with Gasteiger partial charge in [-0.2, -0.15) is 0 Å². The quantitative estimate of drug-likeness (QED) is 0.716.